The second-order valence-electron chi connectivity index (χ2n) is 5.06. The lowest BCUT2D eigenvalue weighted by Gasteiger charge is -2.37. The minimum absolute atomic E-state index is 0.117. The maximum Gasteiger partial charge on any atom is 0.249 e. The van der Waals surface area contributed by atoms with Gasteiger partial charge >= 0.3 is 0 Å². The molecule has 7 nitrogen and oxygen atoms in total. The van der Waals surface area contributed by atoms with Gasteiger partial charge in [0.2, 0.25) is 17.7 Å². The van der Waals surface area contributed by atoms with E-state index in [1.807, 2.05) is 0 Å². The molecule has 2 aliphatic rings. The molecule has 18 heavy (non-hydrogen) atoms. The number of nitrogens with zero attached hydrogens (tertiary/aromatic N) is 1. The van der Waals surface area contributed by atoms with Crippen LogP contribution < -0.4 is 11.1 Å². The Morgan fingerprint density at radius 1 is 1.56 bits per heavy atom. The number of imide groups is 1. The first-order chi connectivity index (χ1) is 8.36. The first-order valence-electron chi connectivity index (χ1n) is 5.84. The third kappa shape index (κ3) is 1.89. The zero-order valence-electron chi connectivity index (χ0n) is 10.4. The van der Waals surface area contributed by atoms with Gasteiger partial charge in [0, 0.05) is 6.04 Å². The van der Waals surface area contributed by atoms with E-state index in [4.69, 9.17) is 10.5 Å². The van der Waals surface area contributed by atoms with Crippen LogP contribution in [0.25, 0.3) is 0 Å². The van der Waals surface area contributed by atoms with Crippen LogP contribution in [0, 0.1) is 5.41 Å². The molecule has 0 radical (unpaired) electrons. The van der Waals surface area contributed by atoms with Crippen LogP contribution in [0.4, 0.5) is 0 Å². The van der Waals surface area contributed by atoms with Crippen molar-refractivity contribution in [3.05, 3.63) is 0 Å². The van der Waals surface area contributed by atoms with Gasteiger partial charge in [-0.15, -0.1) is 0 Å². The third-order valence-corrected chi connectivity index (χ3v) is 3.69. The van der Waals surface area contributed by atoms with Gasteiger partial charge in [0.05, 0.1) is 18.6 Å². The van der Waals surface area contributed by atoms with Crippen molar-refractivity contribution in [3.8, 4) is 0 Å². The Hall–Kier alpha value is -1.47. The van der Waals surface area contributed by atoms with Crippen LogP contribution in [-0.2, 0) is 19.1 Å². The SMILES string of the molecule is CC1C(=O)NC(=O)CN1C(=O)C1(C)COCC1N. The van der Waals surface area contributed by atoms with Crippen LogP contribution in [0.5, 0.6) is 0 Å². The van der Waals surface area contributed by atoms with Gasteiger partial charge in [-0.3, -0.25) is 19.7 Å². The lowest BCUT2D eigenvalue weighted by molar-refractivity contribution is -0.155. The predicted molar refractivity (Wildman–Crippen MR) is 61.2 cm³/mol. The quantitative estimate of drug-likeness (QED) is 0.540. The van der Waals surface area contributed by atoms with Crippen LogP contribution in [0.3, 0.4) is 0 Å². The number of piperazine rings is 1. The van der Waals surface area contributed by atoms with Crippen molar-refractivity contribution in [3.63, 3.8) is 0 Å². The molecule has 0 saturated carbocycles. The van der Waals surface area contributed by atoms with E-state index in [0.29, 0.717) is 6.61 Å². The van der Waals surface area contributed by atoms with Gasteiger partial charge in [-0.25, -0.2) is 0 Å². The van der Waals surface area contributed by atoms with E-state index >= 15 is 0 Å². The van der Waals surface area contributed by atoms with Crippen LogP contribution >= 0.6 is 0 Å². The lowest BCUT2D eigenvalue weighted by Crippen LogP contribution is -2.63. The smallest absolute Gasteiger partial charge is 0.249 e. The molecular formula is C11H17N3O4. The average Bonchev–Trinajstić information content (AvgIpc) is 2.64. The van der Waals surface area contributed by atoms with E-state index in [2.05, 4.69) is 5.32 Å². The van der Waals surface area contributed by atoms with Crippen molar-refractivity contribution >= 4 is 17.7 Å². The molecule has 2 fully saturated rings. The van der Waals surface area contributed by atoms with E-state index in [-0.39, 0.29) is 19.1 Å². The first kappa shape index (κ1) is 13.0. The number of carbonyl (C=O) groups excluding carboxylic acids is 3. The van der Waals surface area contributed by atoms with Gasteiger partial charge in [0.15, 0.2) is 0 Å². The summed E-state index contributed by atoms with van der Waals surface area (Å²) in [4.78, 5) is 36.6. The molecule has 100 valence electrons. The van der Waals surface area contributed by atoms with Crippen molar-refractivity contribution in [2.24, 2.45) is 11.1 Å². The Balaban J connectivity index is 2.22. The van der Waals surface area contributed by atoms with Crippen LogP contribution in [-0.4, -0.2) is 54.5 Å². The topological polar surface area (TPSA) is 102 Å². The maximum absolute atomic E-state index is 12.5. The number of carbonyl (C=O) groups is 3. The van der Waals surface area contributed by atoms with E-state index in [1.54, 1.807) is 13.8 Å². The van der Waals surface area contributed by atoms with Gasteiger partial charge in [-0.05, 0) is 13.8 Å². The summed E-state index contributed by atoms with van der Waals surface area (Å²) in [5.74, 6) is -1.23. The van der Waals surface area contributed by atoms with Gasteiger partial charge < -0.3 is 15.4 Å². The summed E-state index contributed by atoms with van der Waals surface area (Å²) in [5.41, 5.74) is 5.01. The molecule has 3 unspecified atom stereocenters. The molecule has 2 heterocycles. The Kier molecular flexibility index (Phi) is 3.12. The Labute approximate surface area is 105 Å². The molecule has 2 saturated heterocycles. The van der Waals surface area contributed by atoms with E-state index in [1.165, 1.54) is 4.90 Å². The molecule has 3 N–H and O–H groups in total. The van der Waals surface area contributed by atoms with Gasteiger partial charge in [-0.1, -0.05) is 0 Å². The standard InChI is InChI=1S/C11H17N3O4/c1-6-9(16)13-8(15)3-14(6)10(17)11(2)5-18-4-7(11)12/h6-7H,3-5,12H2,1-2H3,(H,13,15,16). The number of nitrogens with two attached hydrogens (primary N) is 1. The highest BCUT2D eigenvalue weighted by Gasteiger charge is 2.49. The van der Waals surface area contributed by atoms with Crippen molar-refractivity contribution in [1.29, 1.82) is 0 Å². The van der Waals surface area contributed by atoms with E-state index in [0.717, 1.165) is 0 Å². The predicted octanol–water partition coefficient (Wildman–Crippen LogP) is -1.78. The Bertz CT molecular complexity index is 411. The molecule has 2 rings (SSSR count). The molecular weight excluding hydrogens is 238 g/mol. The highest BCUT2D eigenvalue weighted by atomic mass is 16.5. The fraction of sp³-hybridized carbons (Fsp3) is 0.727. The molecule has 7 heteroatoms. The molecule has 0 aromatic rings. The van der Waals surface area contributed by atoms with Crippen LogP contribution in [0.1, 0.15) is 13.8 Å². The molecule has 0 bridgehead atoms. The summed E-state index contributed by atoms with van der Waals surface area (Å²) in [6.45, 7) is 3.70. The summed E-state index contributed by atoms with van der Waals surface area (Å²) in [6.07, 6.45) is 0. The van der Waals surface area contributed by atoms with Crippen molar-refractivity contribution in [2.75, 3.05) is 19.8 Å². The molecule has 0 aromatic carbocycles. The second kappa shape index (κ2) is 4.33. The Morgan fingerprint density at radius 3 is 2.78 bits per heavy atom. The number of amides is 3. The molecule has 2 aliphatic heterocycles. The monoisotopic (exact) mass is 255 g/mol. The van der Waals surface area contributed by atoms with Crippen LogP contribution in [0.15, 0.2) is 0 Å². The number of hydrogen-bond acceptors (Lipinski definition) is 5. The van der Waals surface area contributed by atoms with Gasteiger partial charge in [-0.2, -0.15) is 0 Å². The molecule has 0 aliphatic carbocycles. The fourth-order valence-corrected chi connectivity index (χ4v) is 2.20. The highest BCUT2D eigenvalue weighted by molar-refractivity contribution is 6.04. The Morgan fingerprint density at radius 2 is 2.22 bits per heavy atom. The zero-order valence-corrected chi connectivity index (χ0v) is 10.4. The lowest BCUT2D eigenvalue weighted by atomic mass is 9.83. The third-order valence-electron chi connectivity index (χ3n) is 3.69. The average molecular weight is 255 g/mol. The van der Waals surface area contributed by atoms with Crippen molar-refractivity contribution < 1.29 is 19.1 Å². The van der Waals surface area contributed by atoms with Crippen LogP contribution in [0.2, 0.25) is 0 Å². The minimum Gasteiger partial charge on any atom is -0.379 e. The molecule has 3 amide bonds. The number of nitrogens with one attached hydrogen (secondary N) is 1. The van der Waals surface area contributed by atoms with E-state index in [9.17, 15) is 14.4 Å². The first-order valence-corrected chi connectivity index (χ1v) is 5.84. The minimum atomic E-state index is -0.869. The largest absolute Gasteiger partial charge is 0.379 e. The normalized spacial score (nSPS) is 36.7. The van der Waals surface area contributed by atoms with Gasteiger partial charge in [0.25, 0.3) is 0 Å². The summed E-state index contributed by atoms with van der Waals surface area (Å²) < 4.78 is 5.22. The van der Waals surface area contributed by atoms with Gasteiger partial charge in [0.1, 0.15) is 12.6 Å². The number of hydrogen-bond donors (Lipinski definition) is 2. The molecule has 0 aromatic heterocycles. The summed E-state index contributed by atoms with van der Waals surface area (Å²) in [5, 5.41) is 2.19. The highest BCUT2D eigenvalue weighted by Crippen LogP contribution is 2.30. The fourth-order valence-electron chi connectivity index (χ4n) is 2.20. The zero-order chi connectivity index (χ0) is 13.5. The maximum atomic E-state index is 12.5. The van der Waals surface area contributed by atoms with Crippen molar-refractivity contribution in [2.45, 2.75) is 25.9 Å². The number of ether oxygens (including phenoxy) is 1. The summed E-state index contributed by atoms with van der Waals surface area (Å²) in [6, 6.07) is -1.09. The van der Waals surface area contributed by atoms with Crippen molar-refractivity contribution in [1.82, 2.24) is 10.2 Å². The summed E-state index contributed by atoms with van der Waals surface area (Å²) in [7, 11) is 0. The molecule has 0 spiro atoms. The number of rotatable bonds is 1. The second-order valence-corrected chi connectivity index (χ2v) is 5.06. The van der Waals surface area contributed by atoms with E-state index < -0.39 is 29.3 Å². The summed E-state index contributed by atoms with van der Waals surface area (Å²) >= 11 is 0. The molecule has 3 atom stereocenters.